The Morgan fingerprint density at radius 1 is 1.10 bits per heavy atom. The molecule has 0 aliphatic heterocycles. The number of rotatable bonds is 5. The highest BCUT2D eigenvalue weighted by Crippen LogP contribution is 2.14. The quantitative estimate of drug-likeness (QED) is 0.615. The van der Waals surface area contributed by atoms with Gasteiger partial charge in [0.25, 0.3) is 0 Å². The summed E-state index contributed by atoms with van der Waals surface area (Å²) in [4.78, 5) is 13.8. The van der Waals surface area contributed by atoms with E-state index in [1.165, 1.54) is 0 Å². The Labute approximate surface area is 119 Å². The minimum absolute atomic E-state index is 0.210. The van der Waals surface area contributed by atoms with E-state index in [2.05, 4.69) is 0 Å². The summed E-state index contributed by atoms with van der Waals surface area (Å²) in [5.74, 6) is 0.399. The molecule has 0 unspecified atom stereocenters. The highest BCUT2D eigenvalue weighted by atomic mass is 16.5. The molecule has 2 aromatic carbocycles. The molecule has 0 spiro atoms. The third-order valence-corrected chi connectivity index (χ3v) is 3.07. The molecule has 104 valence electrons. The molecule has 0 N–H and O–H groups in total. The van der Waals surface area contributed by atoms with E-state index in [-0.39, 0.29) is 5.97 Å². The van der Waals surface area contributed by atoms with E-state index in [0.717, 1.165) is 11.3 Å². The highest BCUT2D eigenvalue weighted by molar-refractivity contribution is 5.73. The zero-order valence-electron chi connectivity index (χ0n) is 11.9. The molecule has 0 amide bonds. The SMILES string of the molecule is Cc1cccc(OC(=O)CCN(C)c2ccccc2)c1. The molecule has 2 aromatic rings. The third kappa shape index (κ3) is 4.12. The number of hydrogen-bond donors (Lipinski definition) is 0. The Kier molecular flexibility index (Phi) is 4.77. The summed E-state index contributed by atoms with van der Waals surface area (Å²) in [7, 11) is 1.97. The first-order valence-corrected chi connectivity index (χ1v) is 6.69. The zero-order valence-corrected chi connectivity index (χ0v) is 11.9. The van der Waals surface area contributed by atoms with Crippen LogP contribution in [0.15, 0.2) is 54.6 Å². The van der Waals surface area contributed by atoms with Gasteiger partial charge in [0.2, 0.25) is 0 Å². The summed E-state index contributed by atoms with van der Waals surface area (Å²) in [5, 5.41) is 0. The van der Waals surface area contributed by atoms with Gasteiger partial charge in [-0.3, -0.25) is 4.79 Å². The molecule has 0 radical (unpaired) electrons. The Morgan fingerprint density at radius 3 is 2.55 bits per heavy atom. The fourth-order valence-corrected chi connectivity index (χ4v) is 1.93. The number of nitrogens with zero attached hydrogens (tertiary/aromatic N) is 1. The monoisotopic (exact) mass is 269 g/mol. The normalized spacial score (nSPS) is 10.1. The smallest absolute Gasteiger partial charge is 0.312 e. The highest BCUT2D eigenvalue weighted by Gasteiger charge is 2.07. The van der Waals surface area contributed by atoms with Gasteiger partial charge in [0.15, 0.2) is 0 Å². The number of benzene rings is 2. The number of para-hydroxylation sites is 1. The van der Waals surface area contributed by atoms with E-state index >= 15 is 0 Å². The second-order valence-corrected chi connectivity index (χ2v) is 4.80. The van der Waals surface area contributed by atoms with Crippen molar-refractivity contribution in [1.82, 2.24) is 0 Å². The van der Waals surface area contributed by atoms with Crippen LogP contribution in [0.3, 0.4) is 0 Å². The Balaban J connectivity index is 1.83. The molecule has 0 saturated carbocycles. The maximum Gasteiger partial charge on any atom is 0.312 e. The van der Waals surface area contributed by atoms with Crippen LogP contribution < -0.4 is 9.64 Å². The predicted molar refractivity (Wildman–Crippen MR) is 81.1 cm³/mol. The van der Waals surface area contributed by atoms with Crippen molar-refractivity contribution in [1.29, 1.82) is 0 Å². The zero-order chi connectivity index (χ0) is 14.4. The lowest BCUT2D eigenvalue weighted by Gasteiger charge is -2.18. The van der Waals surface area contributed by atoms with Crippen molar-refractivity contribution in [2.75, 3.05) is 18.5 Å². The van der Waals surface area contributed by atoms with Crippen LogP contribution in [0, 0.1) is 6.92 Å². The third-order valence-electron chi connectivity index (χ3n) is 3.07. The first-order valence-electron chi connectivity index (χ1n) is 6.69. The van der Waals surface area contributed by atoms with Crippen LogP contribution in [0.4, 0.5) is 5.69 Å². The molecule has 0 heterocycles. The molecule has 0 aromatic heterocycles. The van der Waals surface area contributed by atoms with Crippen molar-refractivity contribution in [3.8, 4) is 5.75 Å². The summed E-state index contributed by atoms with van der Waals surface area (Å²) in [6, 6.07) is 17.5. The van der Waals surface area contributed by atoms with Crippen molar-refractivity contribution in [2.24, 2.45) is 0 Å². The molecule has 2 rings (SSSR count). The fraction of sp³-hybridized carbons (Fsp3) is 0.235. The molecular formula is C17H19NO2. The van der Waals surface area contributed by atoms with Gasteiger partial charge in [-0.1, -0.05) is 30.3 Å². The van der Waals surface area contributed by atoms with Crippen molar-refractivity contribution >= 4 is 11.7 Å². The van der Waals surface area contributed by atoms with Crippen LogP contribution in [0.5, 0.6) is 5.75 Å². The van der Waals surface area contributed by atoms with Gasteiger partial charge in [-0.15, -0.1) is 0 Å². The molecule has 0 aliphatic rings. The molecule has 0 saturated heterocycles. The van der Waals surface area contributed by atoms with Gasteiger partial charge >= 0.3 is 5.97 Å². The Bertz CT molecular complexity index is 566. The molecule has 0 aliphatic carbocycles. The summed E-state index contributed by atoms with van der Waals surface area (Å²) >= 11 is 0. The average molecular weight is 269 g/mol. The topological polar surface area (TPSA) is 29.5 Å². The van der Waals surface area contributed by atoms with Crippen molar-refractivity contribution in [2.45, 2.75) is 13.3 Å². The summed E-state index contributed by atoms with van der Waals surface area (Å²) in [5.41, 5.74) is 2.17. The number of carbonyl (C=O) groups excluding carboxylic acids is 1. The van der Waals surface area contributed by atoms with Crippen LogP contribution in [-0.2, 0) is 4.79 Å². The molecule has 3 heteroatoms. The molecule has 0 atom stereocenters. The predicted octanol–water partition coefficient (Wildman–Crippen LogP) is 3.43. The lowest BCUT2D eigenvalue weighted by Crippen LogP contribution is -2.22. The molecule has 3 nitrogen and oxygen atoms in total. The van der Waals surface area contributed by atoms with Crippen LogP contribution in [0.2, 0.25) is 0 Å². The summed E-state index contributed by atoms with van der Waals surface area (Å²) < 4.78 is 5.32. The minimum atomic E-state index is -0.210. The van der Waals surface area contributed by atoms with Gasteiger partial charge in [0.05, 0.1) is 6.42 Å². The molecular weight excluding hydrogens is 250 g/mol. The van der Waals surface area contributed by atoms with Crippen LogP contribution >= 0.6 is 0 Å². The van der Waals surface area contributed by atoms with E-state index in [1.807, 2.05) is 67.4 Å². The van der Waals surface area contributed by atoms with Crippen LogP contribution in [0.1, 0.15) is 12.0 Å². The number of anilines is 1. The van der Waals surface area contributed by atoms with Gasteiger partial charge in [-0.25, -0.2) is 0 Å². The molecule has 20 heavy (non-hydrogen) atoms. The second kappa shape index (κ2) is 6.75. The number of carbonyl (C=O) groups is 1. The van der Waals surface area contributed by atoms with Gasteiger partial charge in [0.1, 0.15) is 5.75 Å². The Morgan fingerprint density at radius 2 is 1.85 bits per heavy atom. The first kappa shape index (κ1) is 14.1. The molecule has 0 fully saturated rings. The number of hydrogen-bond acceptors (Lipinski definition) is 3. The lowest BCUT2D eigenvalue weighted by atomic mass is 10.2. The van der Waals surface area contributed by atoms with E-state index < -0.39 is 0 Å². The van der Waals surface area contributed by atoms with E-state index in [9.17, 15) is 4.79 Å². The minimum Gasteiger partial charge on any atom is -0.426 e. The van der Waals surface area contributed by atoms with Crippen molar-refractivity contribution < 1.29 is 9.53 Å². The standard InChI is InChI=1S/C17H19NO2/c1-14-7-6-10-16(13-14)20-17(19)11-12-18(2)15-8-4-3-5-9-15/h3-10,13H,11-12H2,1-2H3. The van der Waals surface area contributed by atoms with E-state index in [4.69, 9.17) is 4.74 Å². The van der Waals surface area contributed by atoms with Crippen molar-refractivity contribution in [3.05, 3.63) is 60.2 Å². The van der Waals surface area contributed by atoms with Gasteiger partial charge in [-0.05, 0) is 36.8 Å². The number of esters is 1. The number of aryl methyl sites for hydroxylation is 1. The van der Waals surface area contributed by atoms with E-state index in [0.29, 0.717) is 18.7 Å². The summed E-state index contributed by atoms with van der Waals surface area (Å²) in [6.45, 7) is 2.61. The fourth-order valence-electron chi connectivity index (χ4n) is 1.93. The largest absolute Gasteiger partial charge is 0.426 e. The molecule has 0 bridgehead atoms. The van der Waals surface area contributed by atoms with Crippen LogP contribution in [0.25, 0.3) is 0 Å². The van der Waals surface area contributed by atoms with Gasteiger partial charge in [-0.2, -0.15) is 0 Å². The van der Waals surface area contributed by atoms with Gasteiger partial charge < -0.3 is 9.64 Å². The van der Waals surface area contributed by atoms with E-state index in [1.54, 1.807) is 6.07 Å². The van der Waals surface area contributed by atoms with Gasteiger partial charge in [0, 0.05) is 19.3 Å². The number of ether oxygens (including phenoxy) is 1. The second-order valence-electron chi connectivity index (χ2n) is 4.80. The van der Waals surface area contributed by atoms with Crippen LogP contribution in [-0.4, -0.2) is 19.6 Å². The Hall–Kier alpha value is -2.29. The van der Waals surface area contributed by atoms with Crippen molar-refractivity contribution in [3.63, 3.8) is 0 Å². The maximum absolute atomic E-state index is 11.8. The average Bonchev–Trinajstić information content (AvgIpc) is 2.46. The summed E-state index contributed by atoms with van der Waals surface area (Å²) in [6.07, 6.45) is 0.360. The maximum atomic E-state index is 11.8. The first-order chi connectivity index (χ1) is 9.65. The lowest BCUT2D eigenvalue weighted by molar-refractivity contribution is -0.134.